The molecular formula is C65H83F4N13O7S. The molecule has 0 bridgehead atoms. The number of unbranched alkanes of at least 4 members (excludes halogenated alkanes) is 4. The summed E-state index contributed by atoms with van der Waals surface area (Å²) in [7, 11) is 1.99. The number of aliphatic hydroxyl groups excluding tert-OH is 1. The zero-order valence-corrected chi connectivity index (χ0v) is 53.1. The fraction of sp³-hybridized carbons (Fsp3) is 0.523. The molecule has 0 saturated carbocycles. The Morgan fingerprint density at radius 3 is 2.16 bits per heavy atom. The average molecular weight is 1270 g/mol. The van der Waals surface area contributed by atoms with Gasteiger partial charge in [0.15, 0.2) is 0 Å². The minimum absolute atomic E-state index is 0.00655. The molecular weight excluding hydrogens is 1180 g/mol. The number of thiazole rings is 1. The van der Waals surface area contributed by atoms with E-state index in [1.54, 1.807) is 23.7 Å². The lowest BCUT2D eigenvalue weighted by molar-refractivity contribution is -0.144. The van der Waals surface area contributed by atoms with Crippen molar-refractivity contribution in [3.8, 4) is 10.4 Å². The van der Waals surface area contributed by atoms with Crippen LogP contribution in [0.4, 0.5) is 34.9 Å². The SMILES string of the molecule is Cc1ncsc1-c1ccc(CNC(=O)[C@@H]2C[C@@H](O)CN2C(=O)[C@@H](NC(=O)CCCCCCCC(=O)N2CCN(Cc3cnc(N4CC=C(c5cc(NC(=O)c6c[nH]c(=O)cc6C(F)(F)F)c(N6C[C@@H](C)N(C)[C@@H](C)C6)cc5F)CC4)nc3)CC2)C(C)(C)C)cc1. The number of piperazine rings is 2. The number of carbonyl (C=O) groups is 5. The molecule has 484 valence electrons. The number of nitrogens with zero attached hydrogens (tertiary/aromatic N) is 9. The van der Waals surface area contributed by atoms with Crippen LogP contribution in [0.2, 0.25) is 0 Å². The standard InChI is InChI=1S/C65H83F4N13O7S/c1-40-35-81(36-41(2)77(40)7)53-30-51(66)48(28-52(53)75-60(87)49-34-70-56(85)29-50(49)65(67,68)69)45-19-21-80(22-20-45)63-72-32-44(33-73-63)37-78-23-25-79(26-24-78)57(86)14-12-10-8-9-11-13-55(84)76-59(64(4,5)6)62(89)82-38-47(83)27-54(82)61(88)71-31-43-15-17-46(18-16-43)58-42(3)74-39-90-58/h15-19,28-30,32-34,39-41,47,54,59,83H,8-14,20-27,31,35-38H2,1-7H3,(H,70,85)(H,71,88)(H,75,87)(H,76,84)/t40-,41+,47-,54+,59-/m1/s1. The Bertz CT molecular complexity index is 3440. The van der Waals surface area contributed by atoms with E-state index in [4.69, 9.17) is 0 Å². The lowest BCUT2D eigenvalue weighted by Gasteiger charge is -2.44. The third-order valence-corrected chi connectivity index (χ3v) is 18.7. The molecule has 5 atom stereocenters. The van der Waals surface area contributed by atoms with Crippen LogP contribution in [-0.4, -0.2) is 170 Å². The van der Waals surface area contributed by atoms with Gasteiger partial charge in [0.05, 0.1) is 44.7 Å². The predicted octanol–water partition coefficient (Wildman–Crippen LogP) is 8.01. The molecule has 0 radical (unpaired) electrons. The van der Waals surface area contributed by atoms with Crippen LogP contribution in [0.5, 0.6) is 0 Å². The van der Waals surface area contributed by atoms with E-state index in [0.717, 1.165) is 59.1 Å². The topological polar surface area (TPSA) is 233 Å². The van der Waals surface area contributed by atoms with Gasteiger partial charge in [-0.25, -0.2) is 19.3 Å². The molecule has 5 amide bonds. The first-order chi connectivity index (χ1) is 42.8. The van der Waals surface area contributed by atoms with Gasteiger partial charge in [-0.3, -0.25) is 38.6 Å². The highest BCUT2D eigenvalue weighted by atomic mass is 32.1. The van der Waals surface area contributed by atoms with E-state index in [9.17, 15) is 47.0 Å². The van der Waals surface area contributed by atoms with Crippen molar-refractivity contribution in [3.63, 3.8) is 0 Å². The van der Waals surface area contributed by atoms with E-state index < -0.39 is 64.1 Å². The summed E-state index contributed by atoms with van der Waals surface area (Å²) in [5.41, 5.74) is 3.09. The lowest BCUT2D eigenvalue weighted by atomic mass is 9.85. The minimum atomic E-state index is -4.98. The van der Waals surface area contributed by atoms with Gasteiger partial charge in [0.2, 0.25) is 35.1 Å². The number of aromatic amines is 1. The van der Waals surface area contributed by atoms with Gasteiger partial charge in [-0.05, 0) is 81.3 Å². The highest BCUT2D eigenvalue weighted by Gasteiger charge is 2.45. The number of hydrogen-bond donors (Lipinski definition) is 5. The van der Waals surface area contributed by atoms with Crippen LogP contribution in [0.3, 0.4) is 0 Å². The van der Waals surface area contributed by atoms with Gasteiger partial charge in [0.25, 0.3) is 5.91 Å². The molecule has 5 N–H and O–H groups in total. The first-order valence-corrected chi connectivity index (χ1v) is 31.9. The number of aliphatic hydroxyl groups is 1. The average Bonchev–Trinajstić information content (AvgIpc) is 0.879. The summed E-state index contributed by atoms with van der Waals surface area (Å²) in [6, 6.07) is 9.33. The number of H-pyrrole nitrogens is 1. The van der Waals surface area contributed by atoms with Crippen molar-refractivity contribution >= 4 is 63.8 Å². The second kappa shape index (κ2) is 29.1. The van der Waals surface area contributed by atoms with Gasteiger partial charge >= 0.3 is 6.18 Å². The number of likely N-dealkylation sites (N-methyl/N-ethyl adjacent to an activating group) is 1. The molecule has 0 unspecified atom stereocenters. The summed E-state index contributed by atoms with van der Waals surface area (Å²) in [4.78, 5) is 108. The van der Waals surface area contributed by atoms with E-state index in [-0.39, 0.29) is 67.0 Å². The van der Waals surface area contributed by atoms with Crippen molar-refractivity contribution in [3.05, 3.63) is 122 Å². The normalized spacial score (nSPS) is 19.8. The van der Waals surface area contributed by atoms with Crippen molar-refractivity contribution < 1.29 is 46.6 Å². The number of pyridine rings is 1. The molecule has 5 aromatic rings. The van der Waals surface area contributed by atoms with Crippen LogP contribution in [0.1, 0.15) is 131 Å². The number of nitrogens with one attached hydrogen (secondary N) is 4. The molecule has 25 heteroatoms. The second-order valence-electron chi connectivity index (χ2n) is 25.4. The number of likely N-dealkylation sites (tertiary alicyclic amines) is 1. The molecule has 3 aromatic heterocycles. The number of benzene rings is 2. The number of aromatic nitrogens is 4. The smallest absolute Gasteiger partial charge is 0.391 e. The number of halogens is 4. The zero-order valence-electron chi connectivity index (χ0n) is 52.3. The van der Waals surface area contributed by atoms with Crippen LogP contribution < -0.4 is 31.3 Å². The maximum atomic E-state index is 16.3. The number of carbonyl (C=O) groups excluding carboxylic acids is 5. The Morgan fingerprint density at radius 1 is 0.844 bits per heavy atom. The van der Waals surface area contributed by atoms with Gasteiger partial charge < -0.3 is 45.6 Å². The van der Waals surface area contributed by atoms with E-state index in [1.165, 1.54) is 17.0 Å². The van der Waals surface area contributed by atoms with Gasteiger partial charge in [0, 0.05) is 139 Å². The minimum Gasteiger partial charge on any atom is -0.391 e. The summed E-state index contributed by atoms with van der Waals surface area (Å²) in [5.74, 6) is -2.07. The maximum Gasteiger partial charge on any atom is 0.417 e. The lowest BCUT2D eigenvalue weighted by Crippen LogP contribution is -2.57. The number of alkyl halides is 3. The molecule has 3 saturated heterocycles. The predicted molar refractivity (Wildman–Crippen MR) is 338 cm³/mol. The highest BCUT2D eigenvalue weighted by Crippen LogP contribution is 2.38. The molecule has 3 fully saturated rings. The number of anilines is 3. The van der Waals surface area contributed by atoms with Gasteiger partial charge in [-0.15, -0.1) is 11.3 Å². The number of rotatable bonds is 21. The summed E-state index contributed by atoms with van der Waals surface area (Å²) >= 11 is 1.57. The molecule has 2 aromatic carbocycles. The molecule has 0 aliphatic carbocycles. The Morgan fingerprint density at radius 2 is 1.52 bits per heavy atom. The quantitative estimate of drug-likeness (QED) is 0.0346. The van der Waals surface area contributed by atoms with Crippen molar-refractivity contribution in [2.75, 3.05) is 81.1 Å². The number of aryl methyl sites for hydroxylation is 1. The summed E-state index contributed by atoms with van der Waals surface area (Å²) < 4.78 is 58.4. The van der Waals surface area contributed by atoms with Crippen LogP contribution in [0.15, 0.2) is 77.4 Å². The van der Waals surface area contributed by atoms with Gasteiger partial charge in [-0.2, -0.15) is 13.2 Å². The van der Waals surface area contributed by atoms with Gasteiger partial charge in [0.1, 0.15) is 17.9 Å². The van der Waals surface area contributed by atoms with Crippen molar-refractivity contribution in [2.45, 2.75) is 149 Å². The van der Waals surface area contributed by atoms with Crippen molar-refractivity contribution in [1.29, 1.82) is 0 Å². The van der Waals surface area contributed by atoms with Crippen molar-refractivity contribution in [2.24, 2.45) is 5.41 Å². The molecule has 7 heterocycles. The van der Waals surface area contributed by atoms with Crippen LogP contribution in [-0.2, 0) is 38.4 Å². The van der Waals surface area contributed by atoms with E-state index >= 15 is 4.39 Å². The third-order valence-electron chi connectivity index (χ3n) is 17.7. The van der Waals surface area contributed by atoms with Crippen LogP contribution >= 0.6 is 11.3 Å². The number of amides is 5. The van der Waals surface area contributed by atoms with Crippen molar-refractivity contribution in [1.82, 2.24) is 50.2 Å². The number of hydrogen-bond acceptors (Lipinski definition) is 15. The van der Waals surface area contributed by atoms with E-state index in [1.807, 2.05) is 99.1 Å². The molecule has 4 aliphatic heterocycles. The zero-order chi connectivity index (χ0) is 64.6. The molecule has 20 nitrogen and oxygen atoms in total. The van der Waals surface area contributed by atoms with E-state index in [2.05, 4.69) is 45.7 Å². The van der Waals surface area contributed by atoms with Gasteiger partial charge in [-0.1, -0.05) is 70.4 Å². The molecule has 4 aliphatic rings. The monoisotopic (exact) mass is 1270 g/mol. The Kier molecular flexibility index (Phi) is 21.6. The summed E-state index contributed by atoms with van der Waals surface area (Å²) in [6.45, 7) is 16.8. The first kappa shape index (κ1) is 66.8. The van der Waals surface area contributed by atoms with Crippen LogP contribution in [0, 0.1) is 18.2 Å². The fourth-order valence-corrected chi connectivity index (χ4v) is 13.0. The Balaban J connectivity index is 0.683. The summed E-state index contributed by atoms with van der Waals surface area (Å²) in [5, 5.41) is 19.2. The maximum absolute atomic E-state index is 16.3. The Hall–Kier alpha value is -7.61. The fourth-order valence-electron chi connectivity index (χ4n) is 12.2. The summed E-state index contributed by atoms with van der Waals surface area (Å²) in [6.07, 6.45) is 5.28. The first-order valence-electron chi connectivity index (χ1n) is 31.0. The molecule has 90 heavy (non-hydrogen) atoms. The third kappa shape index (κ3) is 16.7. The largest absolute Gasteiger partial charge is 0.417 e. The second-order valence-corrected chi connectivity index (χ2v) is 26.2. The molecule has 0 spiro atoms. The number of β-amino-alcohol motifs (C(OH)–C–C–N with tert-alkyl or cyclic N) is 1. The van der Waals surface area contributed by atoms with E-state index in [0.29, 0.717) is 101 Å². The van der Waals surface area contributed by atoms with Crippen LogP contribution in [0.25, 0.3) is 16.0 Å². The Labute approximate surface area is 526 Å². The molecule has 9 rings (SSSR count). The highest BCUT2D eigenvalue weighted by molar-refractivity contribution is 7.13.